The molecule has 0 unspecified atom stereocenters. The van der Waals surface area contributed by atoms with Crippen molar-refractivity contribution >= 4 is 66.9 Å². The van der Waals surface area contributed by atoms with Crippen LogP contribution in [-0.4, -0.2) is 39.9 Å². The number of esters is 1. The van der Waals surface area contributed by atoms with Crippen molar-refractivity contribution in [3.05, 3.63) is 53.6 Å². The fourth-order valence-corrected chi connectivity index (χ4v) is 8.44. The van der Waals surface area contributed by atoms with Crippen molar-refractivity contribution in [1.82, 2.24) is 0 Å². The van der Waals surface area contributed by atoms with Crippen LogP contribution in [0.3, 0.4) is 0 Å². The van der Waals surface area contributed by atoms with Crippen LogP contribution in [0.1, 0.15) is 24.0 Å². The standard InChI is InChI=1S/C28H26Br2N2O5/c1-13-3-5-16(6-4-13)31-12-15(10-21(31)33)28(36)37-17-7-8-20(14(2)9-17)32-26(34)22-18-11-19(23(22)27(32)35)25(30)24(18)29/h3-9,15,18-19,22-25H,10-12H2,1-2H3/t15-,18-,19-,22-,23+,24+,25+/m1/s1. The minimum atomic E-state index is -0.570. The zero-order chi connectivity index (χ0) is 26.2. The van der Waals surface area contributed by atoms with Gasteiger partial charge in [-0.3, -0.25) is 19.2 Å². The van der Waals surface area contributed by atoms with E-state index in [4.69, 9.17) is 4.74 Å². The number of imide groups is 1. The topological polar surface area (TPSA) is 84.0 Å². The average molecular weight is 630 g/mol. The number of amides is 3. The van der Waals surface area contributed by atoms with E-state index in [1.165, 1.54) is 4.90 Å². The molecule has 2 aromatic rings. The summed E-state index contributed by atoms with van der Waals surface area (Å²) in [6.45, 7) is 4.04. The third-order valence-corrected chi connectivity index (χ3v) is 11.6. The maximum Gasteiger partial charge on any atom is 0.316 e. The van der Waals surface area contributed by atoms with E-state index in [2.05, 4.69) is 31.9 Å². The van der Waals surface area contributed by atoms with Crippen molar-refractivity contribution in [3.63, 3.8) is 0 Å². The van der Waals surface area contributed by atoms with E-state index in [1.807, 2.05) is 31.2 Å². The number of nitrogens with zero attached hydrogens (tertiary/aromatic N) is 2. The Labute approximate surface area is 231 Å². The minimum Gasteiger partial charge on any atom is -0.426 e. The minimum absolute atomic E-state index is 0.0921. The number of fused-ring (bicyclic) bond motifs is 5. The molecule has 37 heavy (non-hydrogen) atoms. The van der Waals surface area contributed by atoms with E-state index in [-0.39, 0.29) is 64.0 Å². The molecule has 2 saturated heterocycles. The zero-order valence-corrected chi connectivity index (χ0v) is 23.6. The molecule has 4 fully saturated rings. The van der Waals surface area contributed by atoms with Crippen LogP contribution in [0.4, 0.5) is 11.4 Å². The molecule has 2 aromatic carbocycles. The highest BCUT2D eigenvalue weighted by Gasteiger charge is 2.66. The van der Waals surface area contributed by atoms with E-state index in [0.717, 1.165) is 17.7 Å². The second-order valence-corrected chi connectivity index (χ2v) is 12.7. The van der Waals surface area contributed by atoms with E-state index in [9.17, 15) is 19.2 Å². The molecule has 0 N–H and O–H groups in total. The van der Waals surface area contributed by atoms with Crippen LogP contribution in [0.5, 0.6) is 5.75 Å². The monoisotopic (exact) mass is 628 g/mol. The van der Waals surface area contributed by atoms with Gasteiger partial charge < -0.3 is 9.64 Å². The van der Waals surface area contributed by atoms with E-state index in [1.54, 1.807) is 30.0 Å². The molecule has 0 radical (unpaired) electrons. The third-order valence-electron chi connectivity index (χ3n) is 8.42. The quantitative estimate of drug-likeness (QED) is 0.215. The number of alkyl halides is 2. The molecule has 2 heterocycles. The van der Waals surface area contributed by atoms with Gasteiger partial charge in [-0.15, -0.1) is 0 Å². The Hall–Kier alpha value is -2.52. The molecule has 6 rings (SSSR count). The third kappa shape index (κ3) is 3.88. The second-order valence-electron chi connectivity index (χ2n) is 10.6. The smallest absolute Gasteiger partial charge is 0.316 e. The Balaban J connectivity index is 1.16. The highest BCUT2D eigenvalue weighted by atomic mass is 79.9. The Morgan fingerprint density at radius 3 is 2.14 bits per heavy atom. The van der Waals surface area contributed by atoms with Crippen LogP contribution in [0.2, 0.25) is 0 Å². The van der Waals surface area contributed by atoms with Crippen LogP contribution in [0.25, 0.3) is 0 Å². The first-order chi connectivity index (χ1) is 17.7. The van der Waals surface area contributed by atoms with Gasteiger partial charge in [-0.2, -0.15) is 0 Å². The van der Waals surface area contributed by atoms with Crippen molar-refractivity contribution in [1.29, 1.82) is 0 Å². The van der Waals surface area contributed by atoms with Gasteiger partial charge >= 0.3 is 5.97 Å². The molecular formula is C28H26Br2N2O5. The summed E-state index contributed by atoms with van der Waals surface area (Å²) in [5.41, 5.74) is 3.07. The SMILES string of the molecule is Cc1ccc(N2C[C@H](C(=O)Oc3ccc(N4C(=O)[C@@H]5[C@H]6C[C@@H]([C@H](Br)[C@H]6Br)[C@@H]5C4=O)c(C)c3)CC2=O)cc1. The van der Waals surface area contributed by atoms with Gasteiger partial charge in [0.2, 0.25) is 17.7 Å². The fraction of sp³-hybridized carbons (Fsp3) is 0.429. The Morgan fingerprint density at radius 1 is 0.919 bits per heavy atom. The van der Waals surface area contributed by atoms with Gasteiger partial charge in [0.1, 0.15) is 5.75 Å². The maximum absolute atomic E-state index is 13.4. The number of carbonyl (C=O) groups excluding carboxylic acids is 4. The summed E-state index contributed by atoms with van der Waals surface area (Å²) < 4.78 is 5.63. The molecule has 2 saturated carbocycles. The summed E-state index contributed by atoms with van der Waals surface area (Å²) in [4.78, 5) is 55.5. The fourth-order valence-electron chi connectivity index (χ4n) is 6.57. The summed E-state index contributed by atoms with van der Waals surface area (Å²) in [6.07, 6.45) is 0.972. The molecule has 7 atom stereocenters. The summed E-state index contributed by atoms with van der Waals surface area (Å²) in [5, 5.41) is 0. The largest absolute Gasteiger partial charge is 0.426 e. The first-order valence-electron chi connectivity index (χ1n) is 12.5. The predicted octanol–water partition coefficient (Wildman–Crippen LogP) is 4.54. The number of hydrogen-bond acceptors (Lipinski definition) is 5. The Bertz CT molecular complexity index is 1300. The predicted molar refractivity (Wildman–Crippen MR) is 145 cm³/mol. The molecule has 0 aromatic heterocycles. The lowest BCUT2D eigenvalue weighted by Crippen LogP contribution is -2.37. The van der Waals surface area contributed by atoms with Crippen LogP contribution >= 0.6 is 31.9 Å². The number of anilines is 2. The summed E-state index contributed by atoms with van der Waals surface area (Å²) in [5.74, 6) is -1.38. The van der Waals surface area contributed by atoms with Gasteiger partial charge in [-0.05, 0) is 68.0 Å². The van der Waals surface area contributed by atoms with Gasteiger partial charge in [-0.1, -0.05) is 49.6 Å². The number of benzene rings is 2. The molecule has 7 nitrogen and oxygen atoms in total. The number of halogens is 2. The first kappa shape index (κ1) is 24.8. The second kappa shape index (κ2) is 9.05. The number of hydrogen-bond donors (Lipinski definition) is 0. The number of rotatable bonds is 4. The molecular weight excluding hydrogens is 604 g/mol. The van der Waals surface area contributed by atoms with Crippen molar-refractivity contribution in [3.8, 4) is 5.75 Å². The lowest BCUT2D eigenvalue weighted by molar-refractivity contribution is -0.139. The molecule has 4 aliphatic rings. The van der Waals surface area contributed by atoms with Crippen molar-refractivity contribution in [2.24, 2.45) is 29.6 Å². The van der Waals surface area contributed by atoms with E-state index < -0.39 is 11.9 Å². The molecule has 9 heteroatoms. The lowest BCUT2D eigenvalue weighted by atomic mass is 9.81. The van der Waals surface area contributed by atoms with Crippen molar-refractivity contribution in [2.45, 2.75) is 36.3 Å². The van der Waals surface area contributed by atoms with Crippen molar-refractivity contribution < 1.29 is 23.9 Å². The highest BCUT2D eigenvalue weighted by molar-refractivity contribution is 9.12. The Kier molecular flexibility index (Phi) is 6.06. The molecule has 0 spiro atoms. The lowest BCUT2D eigenvalue weighted by Gasteiger charge is -2.28. The molecule has 2 bridgehead atoms. The molecule has 2 aliphatic carbocycles. The highest BCUT2D eigenvalue weighted by Crippen LogP contribution is 2.60. The number of aryl methyl sites for hydroxylation is 2. The van der Waals surface area contributed by atoms with Crippen LogP contribution in [0, 0.1) is 43.4 Å². The normalized spacial score (nSPS) is 32.4. The summed E-state index contributed by atoms with van der Waals surface area (Å²) in [7, 11) is 0. The summed E-state index contributed by atoms with van der Waals surface area (Å²) >= 11 is 7.43. The summed E-state index contributed by atoms with van der Waals surface area (Å²) in [6, 6.07) is 12.6. The van der Waals surface area contributed by atoms with Crippen LogP contribution in [-0.2, 0) is 19.2 Å². The van der Waals surface area contributed by atoms with Crippen LogP contribution in [0.15, 0.2) is 42.5 Å². The first-order valence-corrected chi connectivity index (χ1v) is 14.3. The molecule has 192 valence electrons. The van der Waals surface area contributed by atoms with Gasteiger partial charge in [0.25, 0.3) is 0 Å². The van der Waals surface area contributed by atoms with Gasteiger partial charge in [0.15, 0.2) is 0 Å². The number of carbonyl (C=O) groups is 4. The zero-order valence-electron chi connectivity index (χ0n) is 20.4. The number of ether oxygens (including phenoxy) is 1. The Morgan fingerprint density at radius 2 is 1.54 bits per heavy atom. The van der Waals surface area contributed by atoms with Gasteiger partial charge in [-0.25, -0.2) is 4.90 Å². The van der Waals surface area contributed by atoms with Crippen LogP contribution < -0.4 is 14.5 Å². The average Bonchev–Trinajstić information content (AvgIpc) is 3.58. The molecule has 3 amide bonds. The maximum atomic E-state index is 13.4. The van der Waals surface area contributed by atoms with Crippen molar-refractivity contribution in [2.75, 3.05) is 16.3 Å². The van der Waals surface area contributed by atoms with E-state index >= 15 is 0 Å². The van der Waals surface area contributed by atoms with E-state index in [0.29, 0.717) is 17.0 Å². The molecule has 2 aliphatic heterocycles. The van der Waals surface area contributed by atoms with Gasteiger partial charge in [0.05, 0.1) is 23.4 Å². The van der Waals surface area contributed by atoms with Gasteiger partial charge in [0, 0.05) is 28.3 Å².